The number of fused-ring (bicyclic) bond motifs is 2. The molecule has 2 aromatic carbocycles. The van der Waals surface area contributed by atoms with E-state index in [0.29, 0.717) is 11.3 Å². The topological polar surface area (TPSA) is 75.7 Å². The molecule has 2 aliphatic rings. The molecular formula is C19H15FN2O4. The van der Waals surface area contributed by atoms with Gasteiger partial charge in [-0.15, -0.1) is 0 Å². The lowest BCUT2D eigenvalue weighted by Gasteiger charge is -2.33. The molecule has 4 rings (SSSR count). The van der Waals surface area contributed by atoms with E-state index in [1.54, 1.807) is 24.3 Å². The molecule has 1 N–H and O–H groups in total. The maximum Gasteiger partial charge on any atom is 0.325 e. The molecule has 0 radical (unpaired) electrons. The Morgan fingerprint density at radius 1 is 1.15 bits per heavy atom. The van der Waals surface area contributed by atoms with Crippen LogP contribution in [0.2, 0.25) is 0 Å². The largest absolute Gasteiger partial charge is 0.493 e. The van der Waals surface area contributed by atoms with Gasteiger partial charge in [0.15, 0.2) is 11.3 Å². The normalized spacial score (nSPS) is 21.3. The number of hydrogen-bond acceptors (Lipinski definition) is 4. The Labute approximate surface area is 148 Å². The minimum atomic E-state index is -1.25. The van der Waals surface area contributed by atoms with Crippen LogP contribution < -0.4 is 10.1 Å². The summed E-state index contributed by atoms with van der Waals surface area (Å²) in [6.07, 6.45) is 0.263. The maximum absolute atomic E-state index is 13.8. The summed E-state index contributed by atoms with van der Waals surface area (Å²) in [7, 11) is 0. The van der Waals surface area contributed by atoms with Crippen molar-refractivity contribution in [3.8, 4) is 5.75 Å². The molecule has 7 heteroatoms. The molecule has 2 heterocycles. The summed E-state index contributed by atoms with van der Waals surface area (Å²) in [4.78, 5) is 38.7. The van der Waals surface area contributed by atoms with Crippen molar-refractivity contribution in [3.05, 3.63) is 65.5 Å². The Kier molecular flexibility index (Phi) is 3.72. The lowest BCUT2D eigenvalue weighted by Crippen LogP contribution is -2.47. The van der Waals surface area contributed by atoms with Crippen molar-refractivity contribution in [3.63, 3.8) is 0 Å². The van der Waals surface area contributed by atoms with Crippen LogP contribution in [0, 0.1) is 5.82 Å². The SMILES string of the molecule is O=C(CN1C(=O)N[C@]2(CCOc3ccccc32)C1=O)c1ccccc1F. The molecule has 0 bridgehead atoms. The van der Waals surface area contributed by atoms with Gasteiger partial charge < -0.3 is 10.1 Å². The molecule has 26 heavy (non-hydrogen) atoms. The molecule has 0 aromatic heterocycles. The summed E-state index contributed by atoms with van der Waals surface area (Å²) in [6.45, 7) is -0.255. The van der Waals surface area contributed by atoms with Gasteiger partial charge in [0.2, 0.25) is 0 Å². The second kappa shape index (κ2) is 5.94. The van der Waals surface area contributed by atoms with E-state index < -0.39 is 35.6 Å². The number of nitrogens with zero attached hydrogens (tertiary/aromatic N) is 1. The van der Waals surface area contributed by atoms with Crippen LogP contribution in [-0.4, -0.2) is 35.8 Å². The number of carbonyl (C=O) groups excluding carboxylic acids is 3. The van der Waals surface area contributed by atoms with E-state index in [-0.39, 0.29) is 18.6 Å². The van der Waals surface area contributed by atoms with Gasteiger partial charge in [0, 0.05) is 12.0 Å². The molecule has 1 atom stereocenters. The number of amides is 3. The quantitative estimate of drug-likeness (QED) is 0.678. The molecule has 1 fully saturated rings. The van der Waals surface area contributed by atoms with Crippen LogP contribution in [0.1, 0.15) is 22.3 Å². The van der Waals surface area contributed by atoms with Crippen molar-refractivity contribution < 1.29 is 23.5 Å². The van der Waals surface area contributed by atoms with Crippen molar-refractivity contribution in [2.24, 2.45) is 0 Å². The summed E-state index contributed by atoms with van der Waals surface area (Å²) in [5, 5.41) is 2.71. The Morgan fingerprint density at radius 2 is 1.88 bits per heavy atom. The Bertz CT molecular complexity index is 929. The third-order valence-electron chi connectivity index (χ3n) is 4.73. The van der Waals surface area contributed by atoms with Crippen molar-refractivity contribution in [2.45, 2.75) is 12.0 Å². The number of imide groups is 1. The minimum Gasteiger partial charge on any atom is -0.493 e. The number of ketones is 1. The van der Waals surface area contributed by atoms with E-state index in [4.69, 9.17) is 4.74 Å². The Morgan fingerprint density at radius 3 is 2.69 bits per heavy atom. The fourth-order valence-corrected chi connectivity index (χ4v) is 3.43. The highest BCUT2D eigenvalue weighted by molar-refractivity contribution is 6.11. The van der Waals surface area contributed by atoms with Crippen molar-refractivity contribution in [2.75, 3.05) is 13.2 Å². The summed E-state index contributed by atoms with van der Waals surface area (Å²) in [6, 6.07) is 11.8. The van der Waals surface area contributed by atoms with Crippen LogP contribution in [0.3, 0.4) is 0 Å². The highest BCUT2D eigenvalue weighted by atomic mass is 19.1. The second-order valence-corrected chi connectivity index (χ2v) is 6.22. The van der Waals surface area contributed by atoms with Crippen LogP contribution in [0.4, 0.5) is 9.18 Å². The van der Waals surface area contributed by atoms with E-state index in [1.807, 2.05) is 0 Å². The van der Waals surface area contributed by atoms with Gasteiger partial charge in [0.1, 0.15) is 11.6 Å². The van der Waals surface area contributed by atoms with Crippen LogP contribution in [0.25, 0.3) is 0 Å². The molecule has 6 nitrogen and oxygen atoms in total. The number of Topliss-reactive ketones (excluding diaryl/α,β-unsaturated/α-hetero) is 1. The predicted molar refractivity (Wildman–Crippen MR) is 89.2 cm³/mol. The van der Waals surface area contributed by atoms with Crippen LogP contribution >= 0.6 is 0 Å². The summed E-state index contributed by atoms with van der Waals surface area (Å²) < 4.78 is 19.4. The van der Waals surface area contributed by atoms with Gasteiger partial charge in [-0.25, -0.2) is 9.18 Å². The smallest absolute Gasteiger partial charge is 0.325 e. The molecule has 1 saturated heterocycles. The molecule has 1 spiro atoms. The third-order valence-corrected chi connectivity index (χ3v) is 4.73. The molecule has 2 aliphatic heterocycles. The number of ether oxygens (including phenoxy) is 1. The molecule has 132 valence electrons. The fourth-order valence-electron chi connectivity index (χ4n) is 3.43. The maximum atomic E-state index is 13.8. The van der Waals surface area contributed by atoms with Gasteiger partial charge in [-0.3, -0.25) is 14.5 Å². The minimum absolute atomic E-state index is 0.151. The van der Waals surface area contributed by atoms with E-state index in [9.17, 15) is 18.8 Å². The van der Waals surface area contributed by atoms with Crippen molar-refractivity contribution in [1.29, 1.82) is 0 Å². The molecule has 0 unspecified atom stereocenters. The highest BCUT2D eigenvalue weighted by Crippen LogP contribution is 2.40. The lowest BCUT2D eigenvalue weighted by molar-refractivity contribution is -0.132. The Hall–Kier alpha value is -3.22. The molecule has 0 saturated carbocycles. The first kappa shape index (κ1) is 16.3. The fraction of sp³-hybridized carbons (Fsp3) is 0.211. The van der Waals surface area contributed by atoms with Gasteiger partial charge in [0.25, 0.3) is 5.91 Å². The third kappa shape index (κ3) is 2.35. The van der Waals surface area contributed by atoms with Gasteiger partial charge in [-0.05, 0) is 18.2 Å². The number of para-hydroxylation sites is 1. The number of rotatable bonds is 3. The number of halogens is 1. The first-order valence-electron chi connectivity index (χ1n) is 8.17. The number of carbonyl (C=O) groups is 3. The zero-order chi connectivity index (χ0) is 18.3. The van der Waals surface area contributed by atoms with Gasteiger partial charge in [-0.2, -0.15) is 0 Å². The summed E-state index contributed by atoms with van der Waals surface area (Å²) in [5.74, 6) is -1.32. The monoisotopic (exact) mass is 354 g/mol. The van der Waals surface area contributed by atoms with Gasteiger partial charge in [-0.1, -0.05) is 30.3 Å². The van der Waals surface area contributed by atoms with Crippen LogP contribution in [0.5, 0.6) is 5.75 Å². The first-order chi connectivity index (χ1) is 12.5. The van der Waals surface area contributed by atoms with E-state index in [1.165, 1.54) is 18.2 Å². The van der Waals surface area contributed by atoms with Crippen molar-refractivity contribution >= 4 is 17.7 Å². The van der Waals surface area contributed by atoms with Gasteiger partial charge >= 0.3 is 6.03 Å². The number of hydrogen-bond donors (Lipinski definition) is 1. The molecule has 2 aromatic rings. The van der Waals surface area contributed by atoms with E-state index in [0.717, 1.165) is 11.0 Å². The Balaban J connectivity index is 1.65. The van der Waals surface area contributed by atoms with Crippen LogP contribution in [-0.2, 0) is 10.3 Å². The second-order valence-electron chi connectivity index (χ2n) is 6.22. The average molecular weight is 354 g/mol. The van der Waals surface area contributed by atoms with Crippen LogP contribution in [0.15, 0.2) is 48.5 Å². The zero-order valence-electron chi connectivity index (χ0n) is 13.7. The highest BCUT2D eigenvalue weighted by Gasteiger charge is 2.55. The number of nitrogens with one attached hydrogen (secondary N) is 1. The van der Waals surface area contributed by atoms with Crippen molar-refractivity contribution in [1.82, 2.24) is 10.2 Å². The summed E-state index contributed by atoms with van der Waals surface area (Å²) >= 11 is 0. The molecule has 3 amide bonds. The predicted octanol–water partition coefficient (Wildman–Crippen LogP) is 2.24. The zero-order valence-corrected chi connectivity index (χ0v) is 13.7. The van der Waals surface area contributed by atoms with E-state index >= 15 is 0 Å². The standard InChI is InChI=1S/C19H15FN2O4/c20-14-7-3-1-5-12(14)15(23)11-22-17(24)19(21-18(22)25)9-10-26-16-8-4-2-6-13(16)19/h1-8H,9-11H2,(H,21,25)/t19-/m0/s1. The summed E-state index contributed by atoms with van der Waals surface area (Å²) in [5.41, 5.74) is -0.839. The number of benzene rings is 2. The molecule has 0 aliphatic carbocycles. The molecular weight excluding hydrogens is 339 g/mol. The average Bonchev–Trinajstić information content (AvgIpc) is 2.87. The lowest BCUT2D eigenvalue weighted by atomic mass is 9.84. The van der Waals surface area contributed by atoms with E-state index in [2.05, 4.69) is 5.32 Å². The number of urea groups is 1. The first-order valence-corrected chi connectivity index (χ1v) is 8.17. The van der Waals surface area contributed by atoms with Gasteiger partial charge in [0.05, 0.1) is 18.7 Å².